The molecule has 1 aromatic carbocycles. The fourth-order valence-electron chi connectivity index (χ4n) is 1.92. The normalized spacial score (nSPS) is 11.6. The second kappa shape index (κ2) is 5.01. The van der Waals surface area contributed by atoms with Gasteiger partial charge in [0.05, 0.1) is 5.56 Å². The minimum absolute atomic E-state index is 0.0106. The van der Waals surface area contributed by atoms with Crippen molar-refractivity contribution < 1.29 is 13.2 Å². The Bertz CT molecular complexity index is 750. The zero-order chi connectivity index (χ0) is 14.9. The van der Waals surface area contributed by atoms with E-state index in [0.717, 1.165) is 6.07 Å². The lowest BCUT2D eigenvalue weighted by Crippen LogP contribution is -2.07. The third-order valence-electron chi connectivity index (χ3n) is 2.87. The molecule has 0 spiro atoms. The standard InChI is InChI=1S/C14H9F3N4/c15-14(16,17)10-6-2-1-5-9(10)12-19-13(21-20-12)11-7-3-4-8-18-11/h1-8H,(H,19,20,21). The second-order valence-electron chi connectivity index (χ2n) is 4.27. The van der Waals surface area contributed by atoms with E-state index in [1.54, 1.807) is 24.4 Å². The molecular formula is C14H9F3N4. The zero-order valence-electron chi connectivity index (χ0n) is 10.6. The van der Waals surface area contributed by atoms with Crippen LogP contribution in [0.2, 0.25) is 0 Å². The molecule has 0 aliphatic rings. The molecule has 0 unspecified atom stereocenters. The summed E-state index contributed by atoms with van der Waals surface area (Å²) >= 11 is 0. The number of H-pyrrole nitrogens is 1. The molecule has 3 aromatic rings. The van der Waals surface area contributed by atoms with Crippen molar-refractivity contribution in [3.63, 3.8) is 0 Å². The van der Waals surface area contributed by atoms with E-state index in [4.69, 9.17) is 0 Å². The van der Waals surface area contributed by atoms with E-state index in [-0.39, 0.29) is 11.4 Å². The summed E-state index contributed by atoms with van der Waals surface area (Å²) in [5.41, 5.74) is -0.319. The Morgan fingerprint density at radius 3 is 2.43 bits per heavy atom. The maximum absolute atomic E-state index is 13.0. The molecule has 0 amide bonds. The molecule has 7 heteroatoms. The fraction of sp³-hybridized carbons (Fsp3) is 0.0714. The first-order valence-corrected chi connectivity index (χ1v) is 6.06. The number of alkyl halides is 3. The molecule has 2 aromatic heterocycles. The summed E-state index contributed by atoms with van der Waals surface area (Å²) in [6, 6.07) is 10.4. The first kappa shape index (κ1) is 13.3. The molecule has 0 radical (unpaired) electrons. The molecule has 3 rings (SSSR count). The van der Waals surface area contributed by atoms with Gasteiger partial charge in [0.2, 0.25) is 0 Å². The van der Waals surface area contributed by atoms with E-state index in [9.17, 15) is 13.2 Å². The van der Waals surface area contributed by atoms with Crippen molar-refractivity contribution >= 4 is 0 Å². The molecule has 0 atom stereocenters. The van der Waals surface area contributed by atoms with Crippen molar-refractivity contribution in [3.05, 3.63) is 54.2 Å². The monoisotopic (exact) mass is 290 g/mol. The van der Waals surface area contributed by atoms with Crippen molar-refractivity contribution in [3.8, 4) is 22.9 Å². The molecule has 0 bridgehead atoms. The molecule has 1 N–H and O–H groups in total. The van der Waals surface area contributed by atoms with E-state index in [1.807, 2.05) is 0 Å². The third kappa shape index (κ3) is 2.62. The van der Waals surface area contributed by atoms with Crippen LogP contribution < -0.4 is 0 Å². The number of aromatic nitrogens is 4. The molecule has 0 aliphatic heterocycles. The van der Waals surface area contributed by atoms with E-state index in [0.29, 0.717) is 11.5 Å². The number of aromatic amines is 1. The summed E-state index contributed by atoms with van der Waals surface area (Å²) in [5, 5.41) is 6.47. The van der Waals surface area contributed by atoms with Crippen molar-refractivity contribution in [1.82, 2.24) is 20.2 Å². The van der Waals surface area contributed by atoms with Gasteiger partial charge in [-0.3, -0.25) is 10.1 Å². The Kier molecular flexibility index (Phi) is 3.17. The van der Waals surface area contributed by atoms with Crippen LogP contribution in [-0.2, 0) is 6.18 Å². The number of halogens is 3. The summed E-state index contributed by atoms with van der Waals surface area (Å²) in [7, 11) is 0. The van der Waals surface area contributed by atoms with E-state index in [2.05, 4.69) is 20.2 Å². The van der Waals surface area contributed by atoms with Gasteiger partial charge in [-0.15, -0.1) is 0 Å². The highest BCUT2D eigenvalue weighted by Gasteiger charge is 2.34. The summed E-state index contributed by atoms with van der Waals surface area (Å²) in [6.45, 7) is 0. The highest BCUT2D eigenvalue weighted by Crippen LogP contribution is 2.35. The number of hydrogen-bond donors (Lipinski definition) is 1. The molecular weight excluding hydrogens is 281 g/mol. The summed E-state index contributed by atoms with van der Waals surface area (Å²) in [4.78, 5) is 8.17. The Morgan fingerprint density at radius 2 is 1.71 bits per heavy atom. The third-order valence-corrected chi connectivity index (χ3v) is 2.87. The Labute approximate surface area is 117 Å². The molecule has 106 valence electrons. The van der Waals surface area contributed by atoms with Gasteiger partial charge < -0.3 is 0 Å². The number of nitrogens with one attached hydrogen (secondary N) is 1. The Balaban J connectivity index is 2.06. The molecule has 4 nitrogen and oxygen atoms in total. The minimum Gasteiger partial charge on any atom is -0.257 e. The van der Waals surface area contributed by atoms with Gasteiger partial charge in [0.1, 0.15) is 5.69 Å². The highest BCUT2D eigenvalue weighted by molar-refractivity contribution is 5.63. The summed E-state index contributed by atoms with van der Waals surface area (Å²) in [6.07, 6.45) is -2.89. The maximum atomic E-state index is 13.0. The van der Waals surface area contributed by atoms with Crippen LogP contribution in [0.3, 0.4) is 0 Å². The van der Waals surface area contributed by atoms with Crippen molar-refractivity contribution in [2.24, 2.45) is 0 Å². The summed E-state index contributed by atoms with van der Waals surface area (Å²) < 4.78 is 39.0. The zero-order valence-corrected chi connectivity index (χ0v) is 10.6. The van der Waals surface area contributed by atoms with Crippen molar-refractivity contribution in [2.75, 3.05) is 0 Å². The number of pyridine rings is 1. The van der Waals surface area contributed by atoms with Crippen LogP contribution in [0.4, 0.5) is 13.2 Å². The second-order valence-corrected chi connectivity index (χ2v) is 4.27. The van der Waals surface area contributed by atoms with Crippen LogP contribution in [0, 0.1) is 0 Å². The average molecular weight is 290 g/mol. The molecule has 0 fully saturated rings. The average Bonchev–Trinajstić information content (AvgIpc) is 2.97. The SMILES string of the molecule is FC(F)(F)c1ccccc1-c1n[nH]c(-c2ccccn2)n1. The predicted molar refractivity (Wildman–Crippen MR) is 70.1 cm³/mol. The summed E-state index contributed by atoms with van der Waals surface area (Å²) in [5.74, 6) is 0.311. The maximum Gasteiger partial charge on any atom is 0.417 e. The smallest absolute Gasteiger partial charge is 0.257 e. The van der Waals surface area contributed by atoms with Gasteiger partial charge in [-0.25, -0.2) is 4.98 Å². The first-order chi connectivity index (χ1) is 10.1. The van der Waals surface area contributed by atoms with Gasteiger partial charge in [0.15, 0.2) is 11.6 Å². The largest absolute Gasteiger partial charge is 0.417 e. The van der Waals surface area contributed by atoms with Crippen LogP contribution in [0.5, 0.6) is 0 Å². The van der Waals surface area contributed by atoms with Crippen LogP contribution in [0.1, 0.15) is 5.56 Å². The number of rotatable bonds is 2. The number of nitrogens with zero attached hydrogens (tertiary/aromatic N) is 3. The van der Waals surface area contributed by atoms with Crippen LogP contribution in [0.15, 0.2) is 48.7 Å². The van der Waals surface area contributed by atoms with Gasteiger partial charge in [-0.05, 0) is 18.2 Å². The molecule has 2 heterocycles. The molecule has 0 saturated carbocycles. The number of benzene rings is 1. The van der Waals surface area contributed by atoms with Crippen molar-refractivity contribution in [2.45, 2.75) is 6.18 Å². The highest BCUT2D eigenvalue weighted by atomic mass is 19.4. The lowest BCUT2D eigenvalue weighted by atomic mass is 10.1. The predicted octanol–water partition coefficient (Wildman–Crippen LogP) is 3.55. The number of hydrogen-bond acceptors (Lipinski definition) is 3. The molecule has 0 aliphatic carbocycles. The first-order valence-electron chi connectivity index (χ1n) is 6.06. The molecule has 0 saturated heterocycles. The van der Waals surface area contributed by atoms with Crippen LogP contribution >= 0.6 is 0 Å². The Hall–Kier alpha value is -2.70. The van der Waals surface area contributed by atoms with Crippen molar-refractivity contribution in [1.29, 1.82) is 0 Å². The van der Waals surface area contributed by atoms with Gasteiger partial charge >= 0.3 is 6.18 Å². The van der Waals surface area contributed by atoms with Crippen LogP contribution in [0.25, 0.3) is 22.9 Å². The van der Waals surface area contributed by atoms with E-state index in [1.165, 1.54) is 18.2 Å². The quantitative estimate of drug-likeness (QED) is 0.785. The van der Waals surface area contributed by atoms with Gasteiger partial charge in [-0.2, -0.15) is 18.3 Å². The minimum atomic E-state index is -4.46. The van der Waals surface area contributed by atoms with Crippen LogP contribution in [-0.4, -0.2) is 20.2 Å². The molecule has 21 heavy (non-hydrogen) atoms. The van der Waals surface area contributed by atoms with E-state index >= 15 is 0 Å². The van der Waals surface area contributed by atoms with Gasteiger partial charge in [-0.1, -0.05) is 24.3 Å². The topological polar surface area (TPSA) is 54.5 Å². The lowest BCUT2D eigenvalue weighted by molar-refractivity contribution is -0.137. The fourth-order valence-corrected chi connectivity index (χ4v) is 1.92. The lowest BCUT2D eigenvalue weighted by Gasteiger charge is -2.09. The van der Waals surface area contributed by atoms with Gasteiger partial charge in [0.25, 0.3) is 0 Å². The van der Waals surface area contributed by atoms with E-state index < -0.39 is 11.7 Å². The van der Waals surface area contributed by atoms with Gasteiger partial charge in [0, 0.05) is 11.8 Å². The Morgan fingerprint density at radius 1 is 0.952 bits per heavy atom.